The Bertz CT molecular complexity index is 155. The molecule has 1 N–H and O–H groups in total. The minimum absolute atomic E-state index is 0.108. The molecule has 0 saturated carbocycles. The molecule has 0 bridgehead atoms. The number of nitrogens with zero attached hydrogens (tertiary/aromatic N) is 1. The number of rotatable bonds is 7. The zero-order valence-corrected chi connectivity index (χ0v) is 9.97. The van der Waals surface area contributed by atoms with Gasteiger partial charge in [0.1, 0.15) is 0 Å². The van der Waals surface area contributed by atoms with Gasteiger partial charge < -0.3 is 10.2 Å². The summed E-state index contributed by atoms with van der Waals surface area (Å²) < 4.78 is 0. The third-order valence-electron chi connectivity index (χ3n) is 2.11. The van der Waals surface area contributed by atoms with Crippen LogP contribution in [0.3, 0.4) is 0 Å². The van der Waals surface area contributed by atoms with Crippen molar-refractivity contribution in [3.63, 3.8) is 0 Å². The summed E-state index contributed by atoms with van der Waals surface area (Å²) in [5.74, 6) is 0.273. The van der Waals surface area contributed by atoms with Crippen LogP contribution in [0, 0.1) is 5.92 Å². The van der Waals surface area contributed by atoms with E-state index in [-0.39, 0.29) is 11.8 Å². The van der Waals surface area contributed by atoms with Gasteiger partial charge in [-0.25, -0.2) is 0 Å². The number of hydrogen-bond donors (Lipinski definition) is 1. The average Bonchev–Trinajstić information content (AvgIpc) is 2.09. The summed E-state index contributed by atoms with van der Waals surface area (Å²) in [5.41, 5.74) is 0. The molecule has 0 fully saturated rings. The molecule has 84 valence electrons. The van der Waals surface area contributed by atoms with E-state index in [1.54, 1.807) is 0 Å². The molecule has 0 spiro atoms. The Hall–Kier alpha value is -0.570. The number of hydrogen-bond acceptors (Lipinski definition) is 2. The van der Waals surface area contributed by atoms with Crippen LogP contribution in [0.25, 0.3) is 0 Å². The van der Waals surface area contributed by atoms with Crippen LogP contribution in [0.4, 0.5) is 0 Å². The van der Waals surface area contributed by atoms with Crippen molar-refractivity contribution in [2.75, 3.05) is 27.2 Å². The second kappa shape index (κ2) is 7.80. The highest BCUT2D eigenvalue weighted by Crippen LogP contribution is 1.96. The van der Waals surface area contributed by atoms with Gasteiger partial charge in [0.05, 0.1) is 0 Å². The Morgan fingerprint density at radius 3 is 2.36 bits per heavy atom. The molecular formula is C11H24N2O. The maximum absolute atomic E-state index is 11.2. The predicted octanol–water partition coefficient (Wildman–Crippen LogP) is 1.49. The van der Waals surface area contributed by atoms with Crippen LogP contribution in [0.2, 0.25) is 0 Å². The van der Waals surface area contributed by atoms with Crippen LogP contribution in [0.5, 0.6) is 0 Å². The zero-order valence-electron chi connectivity index (χ0n) is 9.97. The smallest absolute Gasteiger partial charge is 0.222 e. The van der Waals surface area contributed by atoms with Crippen molar-refractivity contribution in [2.24, 2.45) is 5.92 Å². The number of unbranched alkanes of at least 4 members (excludes halogenated alkanes) is 2. The molecule has 1 amide bonds. The highest BCUT2D eigenvalue weighted by atomic mass is 16.1. The second-order valence-corrected chi connectivity index (χ2v) is 4.31. The third-order valence-corrected chi connectivity index (χ3v) is 2.11. The van der Waals surface area contributed by atoms with Crippen molar-refractivity contribution in [3.8, 4) is 0 Å². The lowest BCUT2D eigenvalue weighted by molar-refractivity contribution is -0.123. The third kappa shape index (κ3) is 8.05. The summed E-state index contributed by atoms with van der Waals surface area (Å²) in [7, 11) is 4.17. The maximum atomic E-state index is 11.2. The van der Waals surface area contributed by atoms with E-state index in [1.807, 2.05) is 13.8 Å². The standard InChI is InChI=1S/C11H24N2O/c1-10(2)11(14)12-8-6-5-7-9-13(3)4/h10H,5-9H2,1-4H3,(H,12,14). The van der Waals surface area contributed by atoms with Crippen molar-refractivity contribution in [3.05, 3.63) is 0 Å². The first-order valence-electron chi connectivity index (χ1n) is 5.46. The SMILES string of the molecule is CC(C)C(=O)NCCCCCN(C)C. The summed E-state index contributed by atoms with van der Waals surface area (Å²) in [4.78, 5) is 13.4. The highest BCUT2D eigenvalue weighted by Gasteiger charge is 2.04. The molecule has 0 saturated heterocycles. The normalized spacial score (nSPS) is 11.0. The average molecular weight is 200 g/mol. The molecule has 0 rings (SSSR count). The van der Waals surface area contributed by atoms with Gasteiger partial charge in [-0.1, -0.05) is 20.3 Å². The monoisotopic (exact) mass is 200 g/mol. The molecule has 3 heteroatoms. The Morgan fingerprint density at radius 2 is 1.86 bits per heavy atom. The fourth-order valence-corrected chi connectivity index (χ4v) is 1.15. The van der Waals surface area contributed by atoms with Crippen LogP contribution in [0.15, 0.2) is 0 Å². The van der Waals surface area contributed by atoms with E-state index in [9.17, 15) is 4.79 Å². The van der Waals surface area contributed by atoms with E-state index in [0.29, 0.717) is 0 Å². The van der Waals surface area contributed by atoms with Crippen molar-refractivity contribution in [1.82, 2.24) is 10.2 Å². The van der Waals surface area contributed by atoms with Gasteiger partial charge in [0, 0.05) is 12.5 Å². The molecule has 0 atom stereocenters. The highest BCUT2D eigenvalue weighted by molar-refractivity contribution is 5.77. The molecule has 0 aromatic carbocycles. The molecule has 14 heavy (non-hydrogen) atoms. The molecule has 0 unspecified atom stereocenters. The number of nitrogens with one attached hydrogen (secondary N) is 1. The number of carbonyl (C=O) groups is 1. The van der Waals surface area contributed by atoms with Gasteiger partial charge in [-0.2, -0.15) is 0 Å². The van der Waals surface area contributed by atoms with Crippen LogP contribution >= 0.6 is 0 Å². The number of amides is 1. The zero-order chi connectivity index (χ0) is 11.0. The first-order chi connectivity index (χ1) is 6.54. The second-order valence-electron chi connectivity index (χ2n) is 4.31. The fraction of sp³-hybridized carbons (Fsp3) is 0.909. The molecule has 0 heterocycles. The van der Waals surface area contributed by atoms with E-state index < -0.39 is 0 Å². The lowest BCUT2D eigenvalue weighted by Crippen LogP contribution is -2.28. The first-order valence-corrected chi connectivity index (χ1v) is 5.46. The van der Waals surface area contributed by atoms with Crippen molar-refractivity contribution in [2.45, 2.75) is 33.1 Å². The Kier molecular flexibility index (Phi) is 7.48. The van der Waals surface area contributed by atoms with Crippen molar-refractivity contribution >= 4 is 5.91 Å². The van der Waals surface area contributed by atoms with Gasteiger partial charge >= 0.3 is 0 Å². The summed E-state index contributed by atoms with van der Waals surface area (Å²) in [5, 5.41) is 2.92. The van der Waals surface area contributed by atoms with E-state index >= 15 is 0 Å². The van der Waals surface area contributed by atoms with Crippen molar-refractivity contribution < 1.29 is 4.79 Å². The predicted molar refractivity (Wildman–Crippen MR) is 60.3 cm³/mol. The van der Waals surface area contributed by atoms with Gasteiger partial charge in [-0.3, -0.25) is 4.79 Å². The van der Waals surface area contributed by atoms with E-state index in [2.05, 4.69) is 24.3 Å². The fourth-order valence-electron chi connectivity index (χ4n) is 1.15. The van der Waals surface area contributed by atoms with Crippen molar-refractivity contribution in [1.29, 1.82) is 0 Å². The Morgan fingerprint density at radius 1 is 1.21 bits per heavy atom. The first kappa shape index (κ1) is 13.4. The molecule has 0 aromatic heterocycles. The van der Waals surface area contributed by atoms with Gasteiger partial charge in [0.15, 0.2) is 0 Å². The largest absolute Gasteiger partial charge is 0.356 e. The molecule has 0 aliphatic carbocycles. The minimum atomic E-state index is 0.108. The minimum Gasteiger partial charge on any atom is -0.356 e. The summed E-state index contributed by atoms with van der Waals surface area (Å²) >= 11 is 0. The summed E-state index contributed by atoms with van der Waals surface area (Å²) in [6, 6.07) is 0. The lowest BCUT2D eigenvalue weighted by Gasteiger charge is -2.09. The quantitative estimate of drug-likeness (QED) is 0.632. The van der Waals surface area contributed by atoms with Crippen LogP contribution in [0.1, 0.15) is 33.1 Å². The summed E-state index contributed by atoms with van der Waals surface area (Å²) in [6.45, 7) is 5.80. The molecule has 0 radical (unpaired) electrons. The molecule has 0 aliphatic heterocycles. The van der Waals surface area contributed by atoms with E-state index in [4.69, 9.17) is 0 Å². The molecule has 0 aromatic rings. The Labute approximate surface area is 87.9 Å². The van der Waals surface area contributed by atoms with E-state index in [1.165, 1.54) is 12.8 Å². The van der Waals surface area contributed by atoms with E-state index in [0.717, 1.165) is 19.5 Å². The Balaban J connectivity index is 3.18. The van der Waals surface area contributed by atoms with Gasteiger partial charge in [0.2, 0.25) is 5.91 Å². The molecule has 3 nitrogen and oxygen atoms in total. The molecule has 0 aliphatic rings. The lowest BCUT2D eigenvalue weighted by atomic mass is 10.2. The maximum Gasteiger partial charge on any atom is 0.222 e. The van der Waals surface area contributed by atoms with Crippen LogP contribution in [-0.2, 0) is 4.79 Å². The van der Waals surface area contributed by atoms with Crippen LogP contribution in [-0.4, -0.2) is 38.0 Å². The van der Waals surface area contributed by atoms with Gasteiger partial charge in [0.25, 0.3) is 0 Å². The van der Waals surface area contributed by atoms with Gasteiger partial charge in [-0.05, 0) is 33.5 Å². The topological polar surface area (TPSA) is 32.3 Å². The van der Waals surface area contributed by atoms with Gasteiger partial charge in [-0.15, -0.1) is 0 Å². The van der Waals surface area contributed by atoms with Crippen LogP contribution < -0.4 is 5.32 Å². The molecular weight excluding hydrogens is 176 g/mol. The number of carbonyl (C=O) groups excluding carboxylic acids is 1. The summed E-state index contributed by atoms with van der Waals surface area (Å²) in [6.07, 6.45) is 3.49.